The lowest BCUT2D eigenvalue weighted by molar-refractivity contribution is -0.870. The molecule has 0 heterocycles. The summed E-state index contributed by atoms with van der Waals surface area (Å²) in [7, 11) is 6.71. The molecule has 0 aliphatic rings. The Morgan fingerprint density at radius 3 is 1.32 bits per heavy atom. The molecule has 6 atom stereocenters. The number of carbonyl (C=O) groups is 4. The van der Waals surface area contributed by atoms with E-state index in [-0.39, 0.29) is 29.6 Å². The first kappa shape index (κ1) is 50.8. The molecule has 9 heteroatoms. The molecule has 0 aliphatic carbocycles. The molecule has 0 saturated carbocycles. The fourth-order valence-electron chi connectivity index (χ4n) is 6.59. The van der Waals surface area contributed by atoms with Gasteiger partial charge in [0.05, 0.1) is 34.3 Å². The fourth-order valence-corrected chi connectivity index (χ4v) is 6.59. The average Bonchev–Trinajstić information content (AvgIpc) is 3.12. The van der Waals surface area contributed by atoms with E-state index in [2.05, 4.69) is 44.0 Å². The number of amides is 3. The average molecular weight is 752 g/mol. The number of rotatable bonds is 34. The molecule has 0 saturated heterocycles. The van der Waals surface area contributed by atoms with E-state index in [1.807, 2.05) is 41.5 Å². The van der Waals surface area contributed by atoms with E-state index in [0.29, 0.717) is 32.3 Å². The minimum absolute atomic E-state index is 0.106. The number of quaternary nitrogens is 1. The van der Waals surface area contributed by atoms with Gasteiger partial charge >= 0.3 is 5.97 Å². The first-order valence-corrected chi connectivity index (χ1v) is 22.1. The third-order valence-electron chi connectivity index (χ3n) is 11.1. The third kappa shape index (κ3) is 25.5. The lowest BCUT2D eigenvalue weighted by Gasteiger charge is -2.30. The largest absolute Gasteiger partial charge is 0.464 e. The maximum absolute atomic E-state index is 13.8. The molecule has 0 rings (SSSR count). The molecule has 53 heavy (non-hydrogen) atoms. The molecule has 0 aliphatic heterocycles. The summed E-state index contributed by atoms with van der Waals surface area (Å²) in [6, 6.07) is -2.38. The predicted molar refractivity (Wildman–Crippen MR) is 221 cm³/mol. The number of nitrogens with zero attached hydrogens (tertiary/aromatic N) is 1. The van der Waals surface area contributed by atoms with Crippen molar-refractivity contribution in [2.75, 3.05) is 34.3 Å². The van der Waals surface area contributed by atoms with Gasteiger partial charge in [0, 0.05) is 6.42 Å². The van der Waals surface area contributed by atoms with Gasteiger partial charge < -0.3 is 25.2 Å². The van der Waals surface area contributed by atoms with Crippen molar-refractivity contribution in [1.29, 1.82) is 0 Å². The van der Waals surface area contributed by atoms with Crippen LogP contribution in [0.2, 0.25) is 0 Å². The molecule has 9 nitrogen and oxygen atoms in total. The summed E-state index contributed by atoms with van der Waals surface area (Å²) in [5, 5.41) is 8.91. The van der Waals surface area contributed by atoms with Crippen molar-refractivity contribution in [2.24, 2.45) is 17.8 Å². The molecule has 0 spiro atoms. The van der Waals surface area contributed by atoms with E-state index in [4.69, 9.17) is 4.74 Å². The number of esters is 1. The lowest BCUT2D eigenvalue weighted by atomic mass is 9.93. The third-order valence-corrected chi connectivity index (χ3v) is 11.1. The maximum Gasteiger partial charge on any atom is 0.328 e. The van der Waals surface area contributed by atoms with Gasteiger partial charge in [0.15, 0.2) is 0 Å². The quantitative estimate of drug-likeness (QED) is 0.0345. The number of nitrogens with one attached hydrogen (secondary N) is 3. The normalized spacial score (nSPS) is 15.1. The molecular formula is C44H87N4O5+. The van der Waals surface area contributed by atoms with E-state index in [1.165, 1.54) is 83.6 Å². The van der Waals surface area contributed by atoms with Crippen molar-refractivity contribution in [3.05, 3.63) is 0 Å². The highest BCUT2D eigenvalue weighted by Crippen LogP contribution is 2.17. The van der Waals surface area contributed by atoms with Crippen molar-refractivity contribution >= 4 is 23.7 Å². The number of hydrogen-bond donors (Lipinski definition) is 3. The van der Waals surface area contributed by atoms with Gasteiger partial charge in [0.2, 0.25) is 17.7 Å². The first-order valence-electron chi connectivity index (χ1n) is 22.1. The summed E-state index contributed by atoms with van der Waals surface area (Å²) in [6.07, 6.45) is 23.6. The Hall–Kier alpha value is -2.16. The van der Waals surface area contributed by atoms with Gasteiger partial charge in [-0.05, 0) is 43.4 Å². The highest BCUT2D eigenvalue weighted by atomic mass is 16.5. The Bertz CT molecular complexity index is 968. The van der Waals surface area contributed by atoms with Crippen molar-refractivity contribution in [3.8, 4) is 0 Å². The zero-order chi connectivity index (χ0) is 40.1. The van der Waals surface area contributed by atoms with Crippen LogP contribution in [0.15, 0.2) is 0 Å². The zero-order valence-electron chi connectivity index (χ0n) is 36.4. The molecule has 0 radical (unpaired) electrons. The Balaban J connectivity index is 5.02. The van der Waals surface area contributed by atoms with Crippen LogP contribution in [0.3, 0.4) is 0 Å². The minimum Gasteiger partial charge on any atom is -0.464 e. The van der Waals surface area contributed by atoms with Crippen LogP contribution in [0.25, 0.3) is 0 Å². The molecule has 0 unspecified atom stereocenters. The molecule has 0 bridgehead atoms. The van der Waals surface area contributed by atoms with Crippen LogP contribution in [-0.4, -0.2) is 80.6 Å². The highest BCUT2D eigenvalue weighted by Gasteiger charge is 2.35. The van der Waals surface area contributed by atoms with Crippen LogP contribution in [-0.2, 0) is 23.9 Å². The molecule has 0 aromatic rings. The lowest BCUT2D eigenvalue weighted by Crippen LogP contribution is -2.59. The molecule has 0 aromatic carbocycles. The SMILES string of the molecule is CCCCCCCCCCCCOC(=O)[C@@H](NC(=O)[C@@H](NC(=O)[C@@H](NC(=O)CCCCCCCCCC[N+](C)(C)C)[C@@H](C)CC)[C@@H](C)CC)[C@@H](C)CC. The molecule has 3 amide bonds. The van der Waals surface area contributed by atoms with E-state index in [0.717, 1.165) is 43.0 Å². The summed E-state index contributed by atoms with van der Waals surface area (Å²) in [5.74, 6) is -1.71. The monoisotopic (exact) mass is 752 g/mol. The number of unbranched alkanes of at least 4 members (excludes halogenated alkanes) is 16. The van der Waals surface area contributed by atoms with Gasteiger partial charge in [0.25, 0.3) is 0 Å². The Labute approximate surface area is 327 Å². The number of hydrogen-bond acceptors (Lipinski definition) is 5. The standard InChI is InChI=1S/C44H86N4O5/c1-11-15-16-17-18-19-22-25-28-31-34-53-44(52)41(37(7)14-4)47-43(51)40(36(6)13-3)46-42(50)39(35(5)12-2)45-38(49)32-29-26-23-20-21-24-27-30-33-48(8,9)10/h35-37,39-41H,11-34H2,1-10H3,(H2-,45,46,47,49,50,51)/p+1/t35-,36-,37-,39-,40-,41-/m0/s1. The zero-order valence-corrected chi connectivity index (χ0v) is 36.4. The van der Waals surface area contributed by atoms with Crippen molar-refractivity contribution in [3.63, 3.8) is 0 Å². The van der Waals surface area contributed by atoms with Crippen molar-refractivity contribution < 1.29 is 28.4 Å². The maximum atomic E-state index is 13.8. The molecule has 312 valence electrons. The number of carbonyl (C=O) groups excluding carboxylic acids is 4. The van der Waals surface area contributed by atoms with Gasteiger partial charge in [-0.2, -0.15) is 0 Å². The number of ether oxygens (including phenoxy) is 1. The van der Waals surface area contributed by atoms with Crippen LogP contribution >= 0.6 is 0 Å². The van der Waals surface area contributed by atoms with Gasteiger partial charge in [0.1, 0.15) is 18.1 Å². The van der Waals surface area contributed by atoms with Crippen LogP contribution in [0.1, 0.15) is 190 Å². The van der Waals surface area contributed by atoms with E-state index < -0.39 is 30.0 Å². The second-order valence-corrected chi connectivity index (χ2v) is 17.1. The molecular weight excluding hydrogens is 665 g/mol. The highest BCUT2D eigenvalue weighted by molar-refractivity contribution is 5.94. The molecule has 0 fully saturated rings. The predicted octanol–water partition coefficient (Wildman–Crippen LogP) is 9.26. The van der Waals surface area contributed by atoms with Gasteiger partial charge in [-0.1, -0.05) is 158 Å². The minimum atomic E-state index is -0.843. The summed E-state index contributed by atoms with van der Waals surface area (Å²) in [4.78, 5) is 53.7. The topological polar surface area (TPSA) is 114 Å². The Morgan fingerprint density at radius 1 is 0.491 bits per heavy atom. The Morgan fingerprint density at radius 2 is 0.868 bits per heavy atom. The summed E-state index contributed by atoms with van der Waals surface area (Å²) in [5.41, 5.74) is 0. The Kier molecular flexibility index (Phi) is 29.8. The smallest absolute Gasteiger partial charge is 0.328 e. The van der Waals surface area contributed by atoms with E-state index in [1.54, 1.807) is 0 Å². The van der Waals surface area contributed by atoms with Crippen LogP contribution in [0.4, 0.5) is 0 Å². The van der Waals surface area contributed by atoms with Crippen LogP contribution in [0, 0.1) is 17.8 Å². The summed E-state index contributed by atoms with van der Waals surface area (Å²) >= 11 is 0. The van der Waals surface area contributed by atoms with Crippen molar-refractivity contribution in [1.82, 2.24) is 16.0 Å². The summed E-state index contributed by atoms with van der Waals surface area (Å²) < 4.78 is 6.69. The van der Waals surface area contributed by atoms with Crippen molar-refractivity contribution in [2.45, 2.75) is 208 Å². The van der Waals surface area contributed by atoms with E-state index >= 15 is 0 Å². The van der Waals surface area contributed by atoms with Gasteiger partial charge in [-0.25, -0.2) is 4.79 Å². The van der Waals surface area contributed by atoms with Crippen LogP contribution < -0.4 is 16.0 Å². The summed E-state index contributed by atoms with van der Waals surface area (Å²) in [6.45, 7) is 15.6. The van der Waals surface area contributed by atoms with Gasteiger partial charge in [-0.3, -0.25) is 14.4 Å². The molecule has 3 N–H and O–H groups in total. The second-order valence-electron chi connectivity index (χ2n) is 17.1. The second kappa shape index (κ2) is 31.1. The first-order chi connectivity index (χ1) is 25.2. The van der Waals surface area contributed by atoms with Crippen LogP contribution in [0.5, 0.6) is 0 Å². The fraction of sp³-hybridized carbons (Fsp3) is 0.909. The van der Waals surface area contributed by atoms with Gasteiger partial charge in [-0.15, -0.1) is 0 Å². The van der Waals surface area contributed by atoms with E-state index in [9.17, 15) is 19.2 Å². The molecule has 0 aromatic heterocycles.